The summed E-state index contributed by atoms with van der Waals surface area (Å²) < 4.78 is 0. The number of aryl methyl sites for hydroxylation is 2. The average molecular weight is 236 g/mol. The Bertz CT molecular complexity index is 400. The number of urea groups is 1. The lowest BCUT2D eigenvalue weighted by Crippen LogP contribution is -2.32. The molecule has 0 spiro atoms. The molecule has 0 saturated carbocycles. The normalized spacial score (nSPS) is 15.2. The third kappa shape index (κ3) is 2.50. The maximum Gasteiger partial charge on any atom is 0.322 e. The first-order valence-corrected chi connectivity index (χ1v) is 6.53. The highest BCUT2D eigenvalue weighted by Crippen LogP contribution is 2.19. The highest BCUT2D eigenvalue weighted by atomic mass is 32.2. The van der Waals surface area contributed by atoms with E-state index < -0.39 is 0 Å². The molecule has 0 atom stereocenters. The van der Waals surface area contributed by atoms with Gasteiger partial charge in [-0.25, -0.2) is 4.79 Å². The van der Waals surface area contributed by atoms with Gasteiger partial charge in [-0.15, -0.1) is 11.8 Å². The number of benzene rings is 1. The van der Waals surface area contributed by atoms with E-state index in [1.165, 1.54) is 0 Å². The number of hydrogen-bond donors (Lipinski definition) is 1. The Kier molecular flexibility index (Phi) is 3.39. The maximum atomic E-state index is 11.9. The van der Waals surface area contributed by atoms with Crippen LogP contribution in [0.4, 0.5) is 10.5 Å². The van der Waals surface area contributed by atoms with Crippen LogP contribution < -0.4 is 5.32 Å². The second kappa shape index (κ2) is 4.78. The molecule has 2 rings (SSSR count). The molecule has 0 aromatic heterocycles. The number of carbonyl (C=O) groups is 1. The summed E-state index contributed by atoms with van der Waals surface area (Å²) in [4.78, 5) is 13.7. The number of amides is 2. The SMILES string of the molecule is Cc1ccc(C)c(NC(=O)N2CCSC2)c1. The molecule has 1 heterocycles. The molecule has 1 aliphatic heterocycles. The molecule has 86 valence electrons. The van der Waals surface area contributed by atoms with Crippen LogP contribution in [0, 0.1) is 13.8 Å². The zero-order valence-electron chi connectivity index (χ0n) is 9.62. The molecular weight excluding hydrogens is 220 g/mol. The van der Waals surface area contributed by atoms with E-state index in [1.807, 2.05) is 30.9 Å². The van der Waals surface area contributed by atoms with Gasteiger partial charge in [0.2, 0.25) is 0 Å². The third-order valence-electron chi connectivity index (χ3n) is 2.67. The first kappa shape index (κ1) is 11.3. The van der Waals surface area contributed by atoms with E-state index in [2.05, 4.69) is 11.4 Å². The van der Waals surface area contributed by atoms with Gasteiger partial charge in [0.05, 0.1) is 5.88 Å². The van der Waals surface area contributed by atoms with Crippen LogP contribution in [0.3, 0.4) is 0 Å². The topological polar surface area (TPSA) is 32.3 Å². The summed E-state index contributed by atoms with van der Waals surface area (Å²) in [6, 6.07) is 6.11. The number of rotatable bonds is 1. The van der Waals surface area contributed by atoms with E-state index in [-0.39, 0.29) is 6.03 Å². The fourth-order valence-electron chi connectivity index (χ4n) is 1.64. The summed E-state index contributed by atoms with van der Waals surface area (Å²) in [6.45, 7) is 4.88. The molecule has 0 radical (unpaired) electrons. The number of nitrogens with zero attached hydrogens (tertiary/aromatic N) is 1. The second-order valence-electron chi connectivity index (χ2n) is 4.05. The minimum Gasteiger partial charge on any atom is -0.314 e. The van der Waals surface area contributed by atoms with Crippen LogP contribution in [0.1, 0.15) is 11.1 Å². The van der Waals surface area contributed by atoms with Gasteiger partial charge >= 0.3 is 6.03 Å². The van der Waals surface area contributed by atoms with E-state index in [0.29, 0.717) is 0 Å². The van der Waals surface area contributed by atoms with Gasteiger partial charge in [0.15, 0.2) is 0 Å². The summed E-state index contributed by atoms with van der Waals surface area (Å²) >= 11 is 1.79. The van der Waals surface area contributed by atoms with Crippen molar-refractivity contribution in [3.8, 4) is 0 Å². The van der Waals surface area contributed by atoms with Crippen LogP contribution in [0.25, 0.3) is 0 Å². The van der Waals surface area contributed by atoms with Gasteiger partial charge in [0.25, 0.3) is 0 Å². The Morgan fingerprint density at radius 2 is 2.25 bits per heavy atom. The van der Waals surface area contributed by atoms with Crippen molar-refractivity contribution < 1.29 is 4.79 Å². The molecule has 1 fully saturated rings. The zero-order valence-corrected chi connectivity index (χ0v) is 10.4. The number of anilines is 1. The summed E-state index contributed by atoms with van der Waals surface area (Å²) in [6.07, 6.45) is 0. The molecule has 1 aromatic carbocycles. The predicted octanol–water partition coefficient (Wildman–Crippen LogP) is 2.84. The quantitative estimate of drug-likeness (QED) is 0.813. The van der Waals surface area contributed by atoms with Gasteiger partial charge in [-0.2, -0.15) is 0 Å². The lowest BCUT2D eigenvalue weighted by Gasteiger charge is -2.16. The first-order valence-electron chi connectivity index (χ1n) is 5.38. The summed E-state index contributed by atoms with van der Waals surface area (Å²) in [5.74, 6) is 1.84. The first-order chi connectivity index (χ1) is 7.66. The fraction of sp³-hybridized carbons (Fsp3) is 0.417. The molecule has 4 heteroatoms. The summed E-state index contributed by atoms with van der Waals surface area (Å²) in [7, 11) is 0. The molecule has 0 aliphatic carbocycles. The highest BCUT2D eigenvalue weighted by molar-refractivity contribution is 7.99. The van der Waals surface area contributed by atoms with Crippen molar-refractivity contribution in [1.29, 1.82) is 0 Å². The van der Waals surface area contributed by atoms with E-state index in [4.69, 9.17) is 0 Å². The van der Waals surface area contributed by atoms with Gasteiger partial charge in [0.1, 0.15) is 0 Å². The van der Waals surface area contributed by atoms with Gasteiger partial charge in [-0.05, 0) is 31.0 Å². The molecule has 2 amide bonds. The van der Waals surface area contributed by atoms with Crippen LogP contribution in [0.5, 0.6) is 0 Å². The van der Waals surface area contributed by atoms with Crippen molar-refractivity contribution in [2.75, 3.05) is 23.5 Å². The predicted molar refractivity (Wildman–Crippen MR) is 69.0 cm³/mol. The molecule has 16 heavy (non-hydrogen) atoms. The minimum absolute atomic E-state index is 0.0127. The van der Waals surface area contributed by atoms with E-state index in [9.17, 15) is 4.79 Å². The number of thioether (sulfide) groups is 1. The fourth-order valence-corrected chi connectivity index (χ4v) is 2.58. The molecule has 3 nitrogen and oxygen atoms in total. The Hall–Kier alpha value is -1.16. The van der Waals surface area contributed by atoms with Crippen molar-refractivity contribution in [1.82, 2.24) is 4.90 Å². The summed E-state index contributed by atoms with van der Waals surface area (Å²) in [5.41, 5.74) is 3.18. The monoisotopic (exact) mass is 236 g/mol. The van der Waals surface area contributed by atoms with E-state index in [1.54, 1.807) is 11.8 Å². The van der Waals surface area contributed by atoms with Gasteiger partial charge in [-0.3, -0.25) is 0 Å². The van der Waals surface area contributed by atoms with Gasteiger partial charge < -0.3 is 10.2 Å². The van der Waals surface area contributed by atoms with Crippen molar-refractivity contribution in [3.63, 3.8) is 0 Å². The van der Waals surface area contributed by atoms with Crippen LogP contribution in [-0.2, 0) is 0 Å². The van der Waals surface area contributed by atoms with Crippen molar-refractivity contribution in [2.45, 2.75) is 13.8 Å². The largest absolute Gasteiger partial charge is 0.322 e. The molecule has 1 aliphatic rings. The van der Waals surface area contributed by atoms with Gasteiger partial charge in [-0.1, -0.05) is 12.1 Å². The third-order valence-corrected chi connectivity index (χ3v) is 3.64. The van der Waals surface area contributed by atoms with Crippen LogP contribution in [-0.4, -0.2) is 29.1 Å². The average Bonchev–Trinajstić information content (AvgIpc) is 2.76. The second-order valence-corrected chi connectivity index (χ2v) is 5.12. The molecule has 1 N–H and O–H groups in total. The maximum absolute atomic E-state index is 11.9. The van der Waals surface area contributed by atoms with E-state index in [0.717, 1.165) is 35.0 Å². The van der Waals surface area contributed by atoms with E-state index >= 15 is 0 Å². The molecule has 1 aromatic rings. The van der Waals surface area contributed by atoms with Crippen molar-refractivity contribution in [2.24, 2.45) is 0 Å². The molecular formula is C12H16N2OS. The summed E-state index contributed by atoms with van der Waals surface area (Å²) in [5, 5.41) is 2.97. The van der Waals surface area contributed by atoms with Crippen LogP contribution in [0.15, 0.2) is 18.2 Å². The lowest BCUT2D eigenvalue weighted by atomic mass is 10.1. The zero-order chi connectivity index (χ0) is 11.5. The Morgan fingerprint density at radius 3 is 2.94 bits per heavy atom. The molecule has 0 bridgehead atoms. The standard InChI is InChI=1S/C12H16N2OS/c1-9-3-4-10(2)11(7-9)13-12(15)14-5-6-16-8-14/h3-4,7H,5-6,8H2,1-2H3,(H,13,15). The molecule has 1 saturated heterocycles. The molecule has 0 unspecified atom stereocenters. The Balaban J connectivity index is 2.07. The Labute approximate surface area is 100 Å². The van der Waals surface area contributed by atoms with Crippen LogP contribution >= 0.6 is 11.8 Å². The van der Waals surface area contributed by atoms with Crippen molar-refractivity contribution >= 4 is 23.5 Å². The Morgan fingerprint density at radius 1 is 1.44 bits per heavy atom. The van der Waals surface area contributed by atoms with Gasteiger partial charge in [0, 0.05) is 18.0 Å². The number of nitrogens with one attached hydrogen (secondary N) is 1. The van der Waals surface area contributed by atoms with Crippen LogP contribution in [0.2, 0.25) is 0 Å². The lowest BCUT2D eigenvalue weighted by molar-refractivity contribution is 0.225. The number of carbonyl (C=O) groups excluding carboxylic acids is 1. The van der Waals surface area contributed by atoms with Crippen molar-refractivity contribution in [3.05, 3.63) is 29.3 Å². The smallest absolute Gasteiger partial charge is 0.314 e. The highest BCUT2D eigenvalue weighted by Gasteiger charge is 2.18. The minimum atomic E-state index is 0.0127. The number of hydrogen-bond acceptors (Lipinski definition) is 2.